The molecule has 6 heteroatoms. The van der Waals surface area contributed by atoms with E-state index in [4.69, 9.17) is 5.73 Å². The van der Waals surface area contributed by atoms with Crippen LogP contribution in [0.5, 0.6) is 0 Å². The lowest BCUT2D eigenvalue weighted by atomic mass is 10.00. The summed E-state index contributed by atoms with van der Waals surface area (Å²) in [6.45, 7) is 5.93. The molecule has 2 aliphatic rings. The molecule has 2 aromatic rings. The largest absolute Gasteiger partial charge is 0.398 e. The number of piperazine rings is 1. The fourth-order valence-electron chi connectivity index (χ4n) is 3.93. The third-order valence-corrected chi connectivity index (χ3v) is 6.25. The third kappa shape index (κ3) is 3.71. The quantitative estimate of drug-likeness (QED) is 0.840. The van der Waals surface area contributed by atoms with Gasteiger partial charge in [0.1, 0.15) is 0 Å². The molecule has 0 aliphatic carbocycles. The Labute approximate surface area is 159 Å². The van der Waals surface area contributed by atoms with Gasteiger partial charge in [0, 0.05) is 55.5 Å². The van der Waals surface area contributed by atoms with Crippen molar-refractivity contribution in [2.45, 2.75) is 19.4 Å². The van der Waals surface area contributed by atoms with Crippen molar-refractivity contribution in [3.63, 3.8) is 0 Å². The molecule has 0 spiro atoms. The first-order valence-corrected chi connectivity index (χ1v) is 10.2. The number of carbonyl (C=O) groups excluding carboxylic acids is 1. The van der Waals surface area contributed by atoms with Crippen molar-refractivity contribution < 1.29 is 4.79 Å². The van der Waals surface area contributed by atoms with Crippen LogP contribution in [-0.4, -0.2) is 55.0 Å². The summed E-state index contributed by atoms with van der Waals surface area (Å²) < 4.78 is 0. The first kappa shape index (κ1) is 17.4. The van der Waals surface area contributed by atoms with Crippen LogP contribution in [0, 0.1) is 0 Å². The van der Waals surface area contributed by atoms with Gasteiger partial charge in [-0.15, -0.1) is 11.3 Å². The molecular weight excluding hydrogens is 344 g/mol. The summed E-state index contributed by atoms with van der Waals surface area (Å²) in [6, 6.07) is 10.3. The highest BCUT2D eigenvalue weighted by Crippen LogP contribution is 2.31. The van der Waals surface area contributed by atoms with Gasteiger partial charge in [0.25, 0.3) is 0 Å². The lowest BCUT2D eigenvalue weighted by Gasteiger charge is -2.37. The number of nitrogen functional groups attached to an aromatic ring is 1. The van der Waals surface area contributed by atoms with E-state index in [9.17, 15) is 4.79 Å². The Morgan fingerprint density at radius 2 is 1.92 bits per heavy atom. The van der Waals surface area contributed by atoms with Gasteiger partial charge in [-0.3, -0.25) is 9.69 Å². The Bertz CT molecular complexity index is 753. The molecule has 3 heterocycles. The molecule has 5 nitrogen and oxygen atoms in total. The van der Waals surface area contributed by atoms with Gasteiger partial charge in [0.05, 0.1) is 6.54 Å². The molecule has 1 aromatic carbocycles. The minimum atomic E-state index is 0.232. The molecule has 1 amide bonds. The summed E-state index contributed by atoms with van der Waals surface area (Å²) in [5, 5.41) is 2.12. The molecule has 0 atom stereocenters. The number of hydrogen-bond acceptors (Lipinski definition) is 5. The fourth-order valence-corrected chi connectivity index (χ4v) is 4.68. The number of nitrogens with two attached hydrogens (primary N) is 1. The van der Waals surface area contributed by atoms with Crippen molar-refractivity contribution in [3.05, 3.63) is 46.2 Å². The molecule has 26 heavy (non-hydrogen) atoms. The van der Waals surface area contributed by atoms with Crippen molar-refractivity contribution >= 4 is 28.6 Å². The molecule has 0 bridgehead atoms. The average molecular weight is 371 g/mol. The van der Waals surface area contributed by atoms with E-state index in [1.165, 1.54) is 10.4 Å². The number of nitrogens with zero attached hydrogens (tertiary/aromatic N) is 3. The maximum Gasteiger partial charge on any atom is 0.242 e. The second-order valence-electron chi connectivity index (χ2n) is 7.11. The molecule has 2 N–H and O–H groups in total. The maximum absolute atomic E-state index is 12.8. The van der Waals surface area contributed by atoms with Crippen LogP contribution in [0.2, 0.25) is 0 Å². The van der Waals surface area contributed by atoms with Gasteiger partial charge in [-0.2, -0.15) is 0 Å². The number of rotatable bonds is 4. The molecule has 2 aliphatic heterocycles. The Morgan fingerprint density at radius 3 is 2.69 bits per heavy atom. The predicted molar refractivity (Wildman–Crippen MR) is 108 cm³/mol. The number of benzene rings is 1. The summed E-state index contributed by atoms with van der Waals surface area (Å²) >= 11 is 1.80. The number of hydrogen-bond donors (Lipinski definition) is 1. The zero-order valence-corrected chi connectivity index (χ0v) is 15.9. The zero-order valence-electron chi connectivity index (χ0n) is 15.1. The SMILES string of the molecule is Nc1cccc2c1CCCN2CC(=O)N1CCN(Cc2cccs2)CC1. The fraction of sp³-hybridized carbons (Fsp3) is 0.450. The number of carbonyl (C=O) groups is 1. The van der Waals surface area contributed by atoms with E-state index in [1.807, 2.05) is 17.0 Å². The number of fused-ring (bicyclic) bond motifs is 1. The Hall–Kier alpha value is -2.05. The van der Waals surface area contributed by atoms with Crippen molar-refractivity contribution in [1.82, 2.24) is 9.80 Å². The molecule has 1 fully saturated rings. The van der Waals surface area contributed by atoms with Crippen molar-refractivity contribution in [1.29, 1.82) is 0 Å². The van der Waals surface area contributed by atoms with Gasteiger partial charge in [-0.05, 0) is 42.0 Å². The van der Waals surface area contributed by atoms with Gasteiger partial charge in [0.2, 0.25) is 5.91 Å². The Kier molecular flexibility index (Phi) is 5.13. The van der Waals surface area contributed by atoms with E-state index in [0.717, 1.165) is 63.5 Å². The van der Waals surface area contributed by atoms with Crippen LogP contribution in [0.3, 0.4) is 0 Å². The highest BCUT2D eigenvalue weighted by molar-refractivity contribution is 7.09. The highest BCUT2D eigenvalue weighted by Gasteiger charge is 2.25. The molecule has 1 saturated heterocycles. The molecular formula is C20H26N4OS. The summed E-state index contributed by atoms with van der Waals surface area (Å²) in [5.41, 5.74) is 9.31. The Morgan fingerprint density at radius 1 is 1.08 bits per heavy atom. The minimum absolute atomic E-state index is 0.232. The predicted octanol–water partition coefficient (Wildman–Crippen LogP) is 2.43. The summed E-state index contributed by atoms with van der Waals surface area (Å²) in [6.07, 6.45) is 2.07. The monoisotopic (exact) mass is 370 g/mol. The van der Waals surface area contributed by atoms with Gasteiger partial charge < -0.3 is 15.5 Å². The number of thiophene rings is 1. The number of amides is 1. The molecule has 0 saturated carbocycles. The molecule has 138 valence electrons. The van der Waals surface area contributed by atoms with E-state index in [1.54, 1.807) is 11.3 Å². The van der Waals surface area contributed by atoms with Gasteiger partial charge in [0.15, 0.2) is 0 Å². The van der Waals surface area contributed by atoms with Crippen molar-refractivity contribution in [3.8, 4) is 0 Å². The molecule has 0 unspecified atom stereocenters. The zero-order chi connectivity index (χ0) is 17.9. The second-order valence-corrected chi connectivity index (χ2v) is 8.14. The van der Waals surface area contributed by atoms with Gasteiger partial charge in [-0.25, -0.2) is 0 Å². The molecule has 1 aromatic heterocycles. The average Bonchev–Trinajstić information content (AvgIpc) is 3.16. The highest BCUT2D eigenvalue weighted by atomic mass is 32.1. The normalized spacial score (nSPS) is 18.0. The summed E-state index contributed by atoms with van der Waals surface area (Å²) in [7, 11) is 0. The third-order valence-electron chi connectivity index (χ3n) is 5.39. The van der Waals surface area contributed by atoms with Crippen LogP contribution in [0.25, 0.3) is 0 Å². The maximum atomic E-state index is 12.8. The Balaban J connectivity index is 1.33. The van der Waals surface area contributed by atoms with Crippen molar-refractivity contribution in [2.75, 3.05) is 49.9 Å². The molecule has 0 radical (unpaired) electrons. The van der Waals surface area contributed by atoms with Crippen LogP contribution in [-0.2, 0) is 17.8 Å². The van der Waals surface area contributed by atoms with E-state index >= 15 is 0 Å². The van der Waals surface area contributed by atoms with Crippen LogP contribution < -0.4 is 10.6 Å². The lowest BCUT2D eigenvalue weighted by molar-refractivity contribution is -0.131. The topological polar surface area (TPSA) is 52.8 Å². The van der Waals surface area contributed by atoms with Crippen LogP contribution in [0.1, 0.15) is 16.9 Å². The number of anilines is 2. The second kappa shape index (κ2) is 7.68. The first-order chi connectivity index (χ1) is 12.7. The minimum Gasteiger partial charge on any atom is -0.398 e. The standard InChI is InChI=1S/C20H26N4OS/c21-18-6-1-7-19-17(18)5-2-8-24(19)15-20(25)23-11-9-22(10-12-23)14-16-4-3-13-26-16/h1,3-4,6-7,13H,2,5,8-12,14-15,21H2. The van der Waals surface area contributed by atoms with Crippen LogP contribution in [0.4, 0.5) is 11.4 Å². The van der Waals surface area contributed by atoms with Crippen LogP contribution >= 0.6 is 11.3 Å². The van der Waals surface area contributed by atoms with E-state index in [0.29, 0.717) is 6.54 Å². The van der Waals surface area contributed by atoms with Gasteiger partial charge in [-0.1, -0.05) is 12.1 Å². The molecule has 4 rings (SSSR count). The van der Waals surface area contributed by atoms with E-state index < -0.39 is 0 Å². The van der Waals surface area contributed by atoms with E-state index in [-0.39, 0.29) is 5.91 Å². The lowest BCUT2D eigenvalue weighted by Crippen LogP contribution is -2.51. The smallest absolute Gasteiger partial charge is 0.242 e. The van der Waals surface area contributed by atoms with Crippen LogP contribution in [0.15, 0.2) is 35.7 Å². The first-order valence-electron chi connectivity index (χ1n) is 9.35. The van der Waals surface area contributed by atoms with E-state index in [2.05, 4.69) is 33.4 Å². The summed E-state index contributed by atoms with van der Waals surface area (Å²) in [4.78, 5) is 20.9. The van der Waals surface area contributed by atoms with Gasteiger partial charge >= 0.3 is 0 Å². The van der Waals surface area contributed by atoms with Crippen molar-refractivity contribution in [2.24, 2.45) is 0 Å². The summed E-state index contributed by atoms with van der Waals surface area (Å²) in [5.74, 6) is 0.232.